The van der Waals surface area contributed by atoms with Crippen LogP contribution in [0, 0.1) is 11.6 Å². The Morgan fingerprint density at radius 1 is 1.16 bits per heavy atom. The number of carbonyl (C=O) groups excluding carboxylic acids is 2. The molecule has 236 valence electrons. The Balaban J connectivity index is 1.61. The minimum atomic E-state index is -0.727. The van der Waals surface area contributed by atoms with E-state index in [9.17, 15) is 9.59 Å². The van der Waals surface area contributed by atoms with Crippen molar-refractivity contribution in [2.75, 3.05) is 38.2 Å². The molecule has 2 aromatic heterocycles. The summed E-state index contributed by atoms with van der Waals surface area (Å²) in [5.41, 5.74) is 2.41. The van der Waals surface area contributed by atoms with Gasteiger partial charge in [0.2, 0.25) is 5.91 Å². The molecule has 1 fully saturated rings. The zero-order chi connectivity index (χ0) is 32.0. The zero-order valence-electron chi connectivity index (χ0n) is 26.1. The van der Waals surface area contributed by atoms with Crippen molar-refractivity contribution in [1.82, 2.24) is 24.7 Å². The van der Waals surface area contributed by atoms with Gasteiger partial charge < -0.3 is 14.5 Å². The number of aryl methyl sites for hydroxylation is 1. The summed E-state index contributed by atoms with van der Waals surface area (Å²) in [6.07, 6.45) is 4.42. The quantitative estimate of drug-likeness (QED) is 0.327. The molecule has 11 heteroatoms. The van der Waals surface area contributed by atoms with E-state index >= 15 is 8.78 Å². The van der Waals surface area contributed by atoms with Gasteiger partial charge in [-0.25, -0.2) is 23.5 Å². The smallest absolute Gasteiger partial charge is 0.331 e. The molecule has 6 rings (SSSR count). The average molecular weight is 617 g/mol. The summed E-state index contributed by atoms with van der Waals surface area (Å²) in [5, 5.41) is 0. The van der Waals surface area contributed by atoms with Gasteiger partial charge in [-0.1, -0.05) is 26.5 Å². The van der Waals surface area contributed by atoms with Crippen molar-refractivity contribution >= 4 is 23.4 Å². The Bertz CT molecular complexity index is 1660. The van der Waals surface area contributed by atoms with Gasteiger partial charge in [0, 0.05) is 44.5 Å². The molecular formula is C34H38F2N6O3. The second-order valence-corrected chi connectivity index (χ2v) is 12.2. The number of hydrogen-bond donors (Lipinski definition) is 0. The summed E-state index contributed by atoms with van der Waals surface area (Å²) in [5.74, 6) is -1.18. The summed E-state index contributed by atoms with van der Waals surface area (Å²) < 4.78 is 37.9. The highest BCUT2D eigenvalue weighted by molar-refractivity contribution is 6.03. The first-order valence-electron chi connectivity index (χ1n) is 15.5. The summed E-state index contributed by atoms with van der Waals surface area (Å²) in [6.45, 7) is 11.2. The van der Waals surface area contributed by atoms with E-state index in [1.165, 1.54) is 29.2 Å². The molecule has 0 spiro atoms. The van der Waals surface area contributed by atoms with E-state index < -0.39 is 17.8 Å². The number of benzene rings is 1. The van der Waals surface area contributed by atoms with Gasteiger partial charge in [-0.05, 0) is 68.0 Å². The van der Waals surface area contributed by atoms with Gasteiger partial charge in [0.15, 0.2) is 0 Å². The highest BCUT2D eigenvalue weighted by Gasteiger charge is 2.45. The molecule has 1 unspecified atom stereocenters. The maximum Gasteiger partial charge on any atom is 0.331 e. The summed E-state index contributed by atoms with van der Waals surface area (Å²) in [6, 6.07) is 7.14. The summed E-state index contributed by atoms with van der Waals surface area (Å²) in [4.78, 5) is 43.5. The van der Waals surface area contributed by atoms with Gasteiger partial charge in [-0.2, -0.15) is 0 Å². The van der Waals surface area contributed by atoms with Crippen molar-refractivity contribution in [3.05, 3.63) is 77.6 Å². The van der Waals surface area contributed by atoms with E-state index in [0.29, 0.717) is 56.0 Å². The van der Waals surface area contributed by atoms with Gasteiger partial charge in [0.25, 0.3) is 0 Å². The van der Waals surface area contributed by atoms with Crippen molar-refractivity contribution in [2.45, 2.75) is 58.2 Å². The van der Waals surface area contributed by atoms with Crippen LogP contribution in [0.4, 0.5) is 25.1 Å². The Labute approximate surface area is 262 Å². The van der Waals surface area contributed by atoms with Gasteiger partial charge >= 0.3 is 6.03 Å². The lowest BCUT2D eigenvalue weighted by atomic mass is 9.97. The third-order valence-corrected chi connectivity index (χ3v) is 8.93. The number of pyridine rings is 2. The normalized spacial score (nSPS) is 20.4. The number of halogens is 2. The number of hydrogen-bond acceptors (Lipinski definition) is 6. The molecule has 0 radical (unpaired) electrons. The zero-order valence-corrected chi connectivity index (χ0v) is 26.1. The number of rotatable bonds is 3. The van der Waals surface area contributed by atoms with Crippen LogP contribution in [0.2, 0.25) is 0 Å². The maximum absolute atomic E-state index is 16.3. The molecular weight excluding hydrogens is 578 g/mol. The molecule has 3 aromatic rings. The summed E-state index contributed by atoms with van der Waals surface area (Å²) >= 11 is 0. The van der Waals surface area contributed by atoms with E-state index in [4.69, 9.17) is 14.7 Å². The first-order chi connectivity index (χ1) is 21.6. The molecule has 1 saturated heterocycles. The standard InChI is InChI=1S/C34H38F2N6O3/c1-6-27(43)40-15-16-41(21(4)19-40)33-23-18-25(36)30-28-24(35)11-9-12-26(28)45-17-8-7-10-22-13-14-37-29(20(2)3)31(22)42(32(23)38-30)34(44)39(33)5/h6,9,11-14,18,20-21,33H,1,7-8,10,15-17,19H2,2-5H3/t21-,33?/m0/s1. The molecule has 9 nitrogen and oxygen atoms in total. The van der Waals surface area contributed by atoms with Crippen LogP contribution in [0.15, 0.2) is 49.2 Å². The largest absolute Gasteiger partial charge is 0.493 e. The Kier molecular flexibility index (Phi) is 8.30. The first kappa shape index (κ1) is 30.6. The molecule has 2 atom stereocenters. The van der Waals surface area contributed by atoms with Crippen LogP contribution in [0.25, 0.3) is 11.3 Å². The maximum atomic E-state index is 16.3. The molecule has 0 aliphatic carbocycles. The number of nitrogens with zero attached hydrogens (tertiary/aromatic N) is 6. The third-order valence-electron chi connectivity index (χ3n) is 8.93. The SMILES string of the molecule is C=CC(=O)N1CCN(C2c3cc(F)c4nc3N(C(=O)N2C)c2c(ccnc2C(C)C)CCCCOc2cccc(F)c2-4)[C@@H](C)C1. The predicted molar refractivity (Wildman–Crippen MR) is 167 cm³/mol. The van der Waals surface area contributed by atoms with Crippen molar-refractivity contribution in [2.24, 2.45) is 0 Å². The van der Waals surface area contributed by atoms with Crippen LogP contribution in [0.3, 0.4) is 0 Å². The number of urea groups is 1. The van der Waals surface area contributed by atoms with Gasteiger partial charge in [0.05, 0.1) is 23.6 Å². The van der Waals surface area contributed by atoms with Crippen LogP contribution in [-0.4, -0.2) is 75.9 Å². The molecule has 3 aliphatic heterocycles. The molecule has 2 bridgehead atoms. The highest BCUT2D eigenvalue weighted by Crippen LogP contribution is 2.47. The first-order valence-corrected chi connectivity index (χ1v) is 15.5. The van der Waals surface area contributed by atoms with E-state index in [2.05, 4.69) is 11.5 Å². The minimum absolute atomic E-state index is 0.0353. The highest BCUT2D eigenvalue weighted by atomic mass is 19.1. The lowest BCUT2D eigenvalue weighted by Crippen LogP contribution is -2.59. The lowest BCUT2D eigenvalue weighted by molar-refractivity contribution is -0.130. The van der Waals surface area contributed by atoms with E-state index in [0.717, 1.165) is 12.0 Å². The lowest BCUT2D eigenvalue weighted by Gasteiger charge is -2.50. The van der Waals surface area contributed by atoms with Gasteiger partial charge in [-0.3, -0.25) is 14.7 Å². The number of piperazine rings is 1. The molecule has 45 heavy (non-hydrogen) atoms. The molecule has 1 aromatic carbocycles. The van der Waals surface area contributed by atoms with Crippen LogP contribution < -0.4 is 9.64 Å². The number of amides is 3. The van der Waals surface area contributed by atoms with Crippen molar-refractivity contribution < 1.29 is 23.1 Å². The van der Waals surface area contributed by atoms with Gasteiger partial charge in [-0.15, -0.1) is 0 Å². The monoisotopic (exact) mass is 616 g/mol. The number of anilines is 2. The molecule has 3 amide bonds. The molecule has 3 aliphatic rings. The van der Waals surface area contributed by atoms with Crippen LogP contribution in [-0.2, 0) is 11.2 Å². The van der Waals surface area contributed by atoms with Crippen LogP contribution >= 0.6 is 0 Å². The van der Waals surface area contributed by atoms with Gasteiger partial charge in [0.1, 0.15) is 35.1 Å². The fourth-order valence-electron chi connectivity index (χ4n) is 6.71. The van der Waals surface area contributed by atoms with E-state index in [1.54, 1.807) is 29.1 Å². The second kappa shape index (κ2) is 12.2. The Morgan fingerprint density at radius 2 is 1.96 bits per heavy atom. The summed E-state index contributed by atoms with van der Waals surface area (Å²) in [7, 11) is 1.70. The number of aromatic nitrogens is 2. The predicted octanol–water partition coefficient (Wildman–Crippen LogP) is 6.18. The van der Waals surface area contributed by atoms with Crippen molar-refractivity contribution in [3.63, 3.8) is 0 Å². The van der Waals surface area contributed by atoms with E-state index in [1.807, 2.05) is 26.8 Å². The third kappa shape index (κ3) is 5.32. The average Bonchev–Trinajstić information content (AvgIpc) is 3.03. The minimum Gasteiger partial charge on any atom is -0.493 e. The Hall–Kier alpha value is -4.38. The fourth-order valence-corrected chi connectivity index (χ4v) is 6.71. The second-order valence-electron chi connectivity index (χ2n) is 12.2. The molecule has 0 N–H and O–H groups in total. The fraction of sp³-hybridized carbons (Fsp3) is 0.412. The van der Waals surface area contributed by atoms with E-state index in [-0.39, 0.29) is 46.7 Å². The Morgan fingerprint density at radius 3 is 2.69 bits per heavy atom. The number of ether oxygens (including phenoxy) is 1. The molecule has 5 heterocycles. The van der Waals surface area contributed by atoms with Crippen LogP contribution in [0.1, 0.15) is 62.5 Å². The molecule has 0 saturated carbocycles. The van der Waals surface area contributed by atoms with Crippen LogP contribution in [0.5, 0.6) is 5.75 Å². The van der Waals surface area contributed by atoms with Crippen molar-refractivity contribution in [3.8, 4) is 17.0 Å². The number of fused-ring (bicyclic) bond motifs is 5. The number of carbonyl (C=O) groups is 2. The topological polar surface area (TPSA) is 82.1 Å². The van der Waals surface area contributed by atoms with Crippen molar-refractivity contribution in [1.29, 1.82) is 0 Å².